The molecule has 0 aromatic heterocycles. The van der Waals surface area contributed by atoms with Crippen molar-refractivity contribution in [3.05, 3.63) is 28.2 Å². The summed E-state index contributed by atoms with van der Waals surface area (Å²) in [5, 5.41) is 3.21. The highest BCUT2D eigenvalue weighted by molar-refractivity contribution is 9.10. The molecule has 4 saturated carbocycles. The van der Waals surface area contributed by atoms with Crippen molar-refractivity contribution < 1.29 is 4.79 Å². The number of carbonyl (C=O) groups is 1. The molecule has 1 aromatic rings. The van der Waals surface area contributed by atoms with Gasteiger partial charge in [0.15, 0.2) is 0 Å². The van der Waals surface area contributed by atoms with Crippen LogP contribution in [0, 0.1) is 30.1 Å². The van der Waals surface area contributed by atoms with E-state index < -0.39 is 0 Å². The largest absolute Gasteiger partial charge is 0.326 e. The van der Waals surface area contributed by atoms with Crippen LogP contribution >= 0.6 is 15.9 Å². The number of carbonyl (C=O) groups excluding carboxylic acids is 1. The lowest BCUT2D eigenvalue weighted by Crippen LogP contribution is -2.51. The molecule has 112 valence electrons. The molecule has 0 unspecified atom stereocenters. The molecule has 2 nitrogen and oxygen atoms in total. The molecule has 0 heterocycles. The van der Waals surface area contributed by atoms with Gasteiger partial charge in [-0.1, -0.05) is 15.9 Å². The Balaban J connectivity index is 1.56. The third kappa shape index (κ3) is 2.34. The van der Waals surface area contributed by atoms with Gasteiger partial charge in [-0.15, -0.1) is 0 Å². The minimum atomic E-state index is -0.0598. The van der Waals surface area contributed by atoms with Crippen LogP contribution < -0.4 is 5.32 Å². The number of amides is 1. The van der Waals surface area contributed by atoms with Gasteiger partial charge in [0.2, 0.25) is 5.91 Å². The maximum atomic E-state index is 12.9. The van der Waals surface area contributed by atoms with E-state index in [1.807, 2.05) is 12.1 Å². The van der Waals surface area contributed by atoms with Gasteiger partial charge >= 0.3 is 0 Å². The Bertz CT molecular complexity index is 560. The Kier molecular flexibility index (Phi) is 3.18. The van der Waals surface area contributed by atoms with Crippen molar-refractivity contribution in [3.63, 3.8) is 0 Å². The van der Waals surface area contributed by atoms with Crippen LogP contribution in [-0.4, -0.2) is 5.91 Å². The molecular formula is C18H22BrNO. The standard InChI is InChI=1S/C18H22BrNO/c1-11-4-15(2-3-16(11)19)20-17(21)18-8-12-5-13(9-18)7-14(6-12)10-18/h2-4,12-14H,5-10H2,1H3,(H,20,21). The maximum Gasteiger partial charge on any atom is 0.230 e. The predicted molar refractivity (Wildman–Crippen MR) is 88.1 cm³/mol. The lowest BCUT2D eigenvalue weighted by Gasteiger charge is -2.55. The molecule has 0 spiro atoms. The molecule has 4 bridgehead atoms. The molecule has 1 aromatic carbocycles. The second-order valence-electron chi connectivity index (χ2n) is 7.62. The van der Waals surface area contributed by atoms with E-state index >= 15 is 0 Å². The van der Waals surface area contributed by atoms with E-state index in [1.54, 1.807) is 0 Å². The Morgan fingerprint density at radius 1 is 1.14 bits per heavy atom. The van der Waals surface area contributed by atoms with Gasteiger partial charge in [0.05, 0.1) is 5.41 Å². The number of benzene rings is 1. The third-order valence-corrected chi connectivity index (χ3v) is 6.83. The lowest BCUT2D eigenvalue weighted by atomic mass is 9.49. The van der Waals surface area contributed by atoms with E-state index in [4.69, 9.17) is 0 Å². The first kappa shape index (κ1) is 13.8. The SMILES string of the molecule is Cc1cc(NC(=O)C23CC4CC(CC(C4)C2)C3)ccc1Br. The molecule has 0 aliphatic heterocycles. The zero-order valence-corrected chi connectivity index (χ0v) is 14.1. The van der Waals surface area contributed by atoms with Crippen molar-refractivity contribution in [1.82, 2.24) is 0 Å². The monoisotopic (exact) mass is 347 g/mol. The highest BCUT2D eigenvalue weighted by Gasteiger charge is 2.54. The third-order valence-electron chi connectivity index (χ3n) is 5.94. The first-order chi connectivity index (χ1) is 10.0. The number of nitrogens with one attached hydrogen (secondary N) is 1. The summed E-state index contributed by atoms with van der Waals surface area (Å²) in [7, 11) is 0. The van der Waals surface area contributed by atoms with Crippen LogP contribution in [0.2, 0.25) is 0 Å². The van der Waals surface area contributed by atoms with Gasteiger partial charge in [0, 0.05) is 10.2 Å². The van der Waals surface area contributed by atoms with Crippen LogP contribution in [0.4, 0.5) is 5.69 Å². The minimum absolute atomic E-state index is 0.0598. The number of anilines is 1. The van der Waals surface area contributed by atoms with Crippen LogP contribution in [0.15, 0.2) is 22.7 Å². The lowest BCUT2D eigenvalue weighted by molar-refractivity contribution is -0.140. The fourth-order valence-corrected chi connectivity index (χ4v) is 5.62. The van der Waals surface area contributed by atoms with Crippen molar-refractivity contribution in [2.45, 2.75) is 45.4 Å². The molecule has 0 atom stereocenters. The average molecular weight is 348 g/mol. The summed E-state index contributed by atoms with van der Waals surface area (Å²) in [6.07, 6.45) is 7.51. The zero-order valence-electron chi connectivity index (χ0n) is 12.5. The first-order valence-electron chi connectivity index (χ1n) is 8.12. The van der Waals surface area contributed by atoms with E-state index in [9.17, 15) is 4.79 Å². The van der Waals surface area contributed by atoms with Crippen LogP contribution in [0.1, 0.15) is 44.1 Å². The Hall–Kier alpha value is -0.830. The highest BCUT2D eigenvalue weighted by atomic mass is 79.9. The second-order valence-corrected chi connectivity index (χ2v) is 8.47. The highest BCUT2D eigenvalue weighted by Crippen LogP contribution is 2.60. The number of hydrogen-bond acceptors (Lipinski definition) is 1. The quantitative estimate of drug-likeness (QED) is 0.808. The van der Waals surface area contributed by atoms with Gasteiger partial charge in [-0.05, 0) is 87.0 Å². The Labute approximate surface area is 134 Å². The molecule has 0 saturated heterocycles. The van der Waals surface area contributed by atoms with Crippen LogP contribution in [0.5, 0.6) is 0 Å². The fourth-order valence-electron chi connectivity index (χ4n) is 5.37. The molecule has 5 rings (SSSR count). The molecular weight excluding hydrogens is 326 g/mol. The van der Waals surface area contributed by atoms with E-state index in [0.717, 1.165) is 47.2 Å². The molecule has 1 amide bonds. The number of aryl methyl sites for hydroxylation is 1. The summed E-state index contributed by atoms with van der Waals surface area (Å²) in [5.74, 6) is 2.72. The van der Waals surface area contributed by atoms with Crippen molar-refractivity contribution in [2.24, 2.45) is 23.2 Å². The molecule has 1 N–H and O–H groups in total. The van der Waals surface area contributed by atoms with Crippen molar-refractivity contribution in [2.75, 3.05) is 5.32 Å². The normalized spacial score (nSPS) is 36.8. The summed E-state index contributed by atoms with van der Waals surface area (Å²) in [6, 6.07) is 6.07. The molecule has 4 aliphatic carbocycles. The van der Waals surface area contributed by atoms with Crippen LogP contribution in [0.3, 0.4) is 0 Å². The molecule has 4 aliphatic rings. The van der Waals surface area contributed by atoms with Crippen molar-refractivity contribution in [3.8, 4) is 0 Å². The van der Waals surface area contributed by atoms with E-state index in [1.165, 1.54) is 24.8 Å². The molecule has 3 heteroatoms. The summed E-state index contributed by atoms with van der Waals surface area (Å²) in [4.78, 5) is 12.9. The van der Waals surface area contributed by atoms with E-state index in [2.05, 4.69) is 34.2 Å². The summed E-state index contributed by atoms with van der Waals surface area (Å²) < 4.78 is 1.09. The first-order valence-corrected chi connectivity index (χ1v) is 8.91. The van der Waals surface area contributed by atoms with Gasteiger partial charge < -0.3 is 5.32 Å². The summed E-state index contributed by atoms with van der Waals surface area (Å²) in [6.45, 7) is 2.06. The smallest absolute Gasteiger partial charge is 0.230 e. The van der Waals surface area contributed by atoms with Crippen LogP contribution in [0.25, 0.3) is 0 Å². The Morgan fingerprint density at radius 2 is 1.71 bits per heavy atom. The van der Waals surface area contributed by atoms with Gasteiger partial charge in [0.1, 0.15) is 0 Å². The zero-order chi connectivity index (χ0) is 14.6. The van der Waals surface area contributed by atoms with E-state index in [0.29, 0.717) is 0 Å². The number of rotatable bonds is 2. The Morgan fingerprint density at radius 3 is 2.24 bits per heavy atom. The van der Waals surface area contributed by atoms with Crippen molar-refractivity contribution >= 4 is 27.5 Å². The minimum Gasteiger partial charge on any atom is -0.326 e. The van der Waals surface area contributed by atoms with Crippen molar-refractivity contribution in [1.29, 1.82) is 0 Å². The van der Waals surface area contributed by atoms with Crippen LogP contribution in [-0.2, 0) is 4.79 Å². The van der Waals surface area contributed by atoms with Gasteiger partial charge in [0.25, 0.3) is 0 Å². The van der Waals surface area contributed by atoms with E-state index in [-0.39, 0.29) is 11.3 Å². The maximum absolute atomic E-state index is 12.9. The van der Waals surface area contributed by atoms with Gasteiger partial charge in [-0.25, -0.2) is 0 Å². The van der Waals surface area contributed by atoms with Gasteiger partial charge in [-0.2, -0.15) is 0 Å². The summed E-state index contributed by atoms with van der Waals surface area (Å²) >= 11 is 3.51. The topological polar surface area (TPSA) is 29.1 Å². The number of halogens is 1. The second kappa shape index (κ2) is 4.84. The van der Waals surface area contributed by atoms with Gasteiger partial charge in [-0.3, -0.25) is 4.79 Å². The molecule has 0 radical (unpaired) electrons. The average Bonchev–Trinajstić information content (AvgIpc) is 2.41. The fraction of sp³-hybridized carbons (Fsp3) is 0.611. The molecule has 4 fully saturated rings. The number of hydrogen-bond donors (Lipinski definition) is 1. The summed E-state index contributed by atoms with van der Waals surface area (Å²) in [5.41, 5.74) is 2.05. The predicted octanol–water partition coefficient (Wildman–Crippen LogP) is 4.91. The molecule has 21 heavy (non-hydrogen) atoms.